The van der Waals surface area contributed by atoms with Gasteiger partial charge in [-0.3, -0.25) is 14.5 Å². The Bertz CT molecular complexity index is 1150. The Morgan fingerprint density at radius 3 is 2.55 bits per heavy atom. The summed E-state index contributed by atoms with van der Waals surface area (Å²) in [5.41, 5.74) is 2.03. The SMILES string of the molecule is CCN(CCC(=O)O)CC(=O)N1CCc2cc(OCc3ccc(C4CCCCC4)c(C(F)(F)F)c3)ccc21. The third-order valence-electron chi connectivity index (χ3n) is 7.57. The average molecular weight is 533 g/mol. The quantitative estimate of drug-likeness (QED) is 0.405. The molecular weight excluding hydrogens is 497 g/mol. The van der Waals surface area contributed by atoms with Crippen LogP contribution in [0.3, 0.4) is 0 Å². The van der Waals surface area contributed by atoms with Gasteiger partial charge in [-0.25, -0.2) is 0 Å². The monoisotopic (exact) mass is 532 g/mol. The summed E-state index contributed by atoms with van der Waals surface area (Å²) in [5, 5.41) is 8.91. The standard InChI is InChI=1S/C29H35F3N2O4/c1-2-33(14-13-28(36)37)18-27(35)34-15-12-22-17-23(9-11-26(22)34)38-19-20-8-10-24(21-6-4-3-5-7-21)25(16-20)29(30,31)32/h8-11,16-17,21H,2-7,12-15,18-19H2,1H3,(H,36,37). The van der Waals surface area contributed by atoms with Crippen LogP contribution in [0.2, 0.25) is 0 Å². The van der Waals surface area contributed by atoms with Crippen molar-refractivity contribution in [3.05, 3.63) is 58.7 Å². The Hall–Kier alpha value is -3.07. The Labute approximate surface area is 221 Å². The largest absolute Gasteiger partial charge is 0.489 e. The highest BCUT2D eigenvalue weighted by Gasteiger charge is 2.36. The number of hydrogen-bond acceptors (Lipinski definition) is 4. The zero-order valence-electron chi connectivity index (χ0n) is 21.7. The summed E-state index contributed by atoms with van der Waals surface area (Å²) in [7, 11) is 0. The van der Waals surface area contributed by atoms with Crippen LogP contribution in [0.1, 0.15) is 73.6 Å². The molecule has 6 nitrogen and oxygen atoms in total. The van der Waals surface area contributed by atoms with Gasteiger partial charge >= 0.3 is 12.1 Å². The maximum atomic E-state index is 13.9. The summed E-state index contributed by atoms with van der Waals surface area (Å²) < 4.78 is 47.5. The number of carbonyl (C=O) groups is 2. The van der Waals surface area contributed by atoms with Crippen molar-refractivity contribution < 1.29 is 32.6 Å². The summed E-state index contributed by atoms with van der Waals surface area (Å²) in [6, 6.07) is 9.95. The fourth-order valence-corrected chi connectivity index (χ4v) is 5.48. The first-order valence-electron chi connectivity index (χ1n) is 13.4. The van der Waals surface area contributed by atoms with Crippen LogP contribution in [0.15, 0.2) is 36.4 Å². The van der Waals surface area contributed by atoms with Crippen molar-refractivity contribution in [1.82, 2.24) is 4.90 Å². The molecule has 0 aromatic heterocycles. The number of fused-ring (bicyclic) bond motifs is 1. The van der Waals surface area contributed by atoms with E-state index in [1.54, 1.807) is 34.1 Å². The van der Waals surface area contributed by atoms with Crippen LogP contribution in [0, 0.1) is 0 Å². The van der Waals surface area contributed by atoms with E-state index < -0.39 is 17.7 Å². The number of anilines is 1. The fraction of sp³-hybridized carbons (Fsp3) is 0.517. The molecule has 2 aromatic carbocycles. The van der Waals surface area contributed by atoms with E-state index in [-0.39, 0.29) is 31.4 Å². The molecule has 1 N–H and O–H groups in total. The molecule has 0 spiro atoms. The maximum Gasteiger partial charge on any atom is 0.416 e. The molecule has 0 bridgehead atoms. The van der Waals surface area contributed by atoms with Crippen molar-refractivity contribution in [2.45, 2.75) is 70.6 Å². The highest BCUT2D eigenvalue weighted by atomic mass is 19.4. The minimum Gasteiger partial charge on any atom is -0.489 e. The van der Waals surface area contributed by atoms with Crippen molar-refractivity contribution in [2.75, 3.05) is 31.1 Å². The molecule has 38 heavy (non-hydrogen) atoms. The van der Waals surface area contributed by atoms with Gasteiger partial charge in [0.15, 0.2) is 0 Å². The molecule has 206 valence electrons. The Morgan fingerprint density at radius 1 is 1.11 bits per heavy atom. The number of hydrogen-bond donors (Lipinski definition) is 1. The summed E-state index contributed by atoms with van der Waals surface area (Å²) in [4.78, 5) is 27.2. The van der Waals surface area contributed by atoms with E-state index in [4.69, 9.17) is 9.84 Å². The number of carbonyl (C=O) groups excluding carboxylic acids is 1. The molecule has 0 radical (unpaired) electrons. The number of aliphatic carboxylic acids is 1. The van der Waals surface area contributed by atoms with Crippen molar-refractivity contribution >= 4 is 17.6 Å². The molecule has 1 aliphatic carbocycles. The van der Waals surface area contributed by atoms with Crippen LogP contribution in [-0.2, 0) is 28.8 Å². The Kier molecular flexibility index (Phi) is 8.97. The average Bonchev–Trinajstić information content (AvgIpc) is 3.33. The normalized spacial score (nSPS) is 16.1. The van der Waals surface area contributed by atoms with Gasteiger partial charge in [0.25, 0.3) is 0 Å². The van der Waals surface area contributed by atoms with Crippen LogP contribution in [-0.4, -0.2) is 48.1 Å². The second kappa shape index (κ2) is 12.2. The van der Waals surface area contributed by atoms with Crippen LogP contribution in [0.5, 0.6) is 5.75 Å². The van der Waals surface area contributed by atoms with E-state index in [1.165, 1.54) is 6.07 Å². The van der Waals surface area contributed by atoms with Gasteiger partial charge in [0.05, 0.1) is 18.5 Å². The van der Waals surface area contributed by atoms with E-state index in [1.807, 2.05) is 13.0 Å². The lowest BCUT2D eigenvalue weighted by Gasteiger charge is -2.25. The molecule has 1 fully saturated rings. The first kappa shape index (κ1) is 28.0. The van der Waals surface area contributed by atoms with Crippen LogP contribution < -0.4 is 9.64 Å². The highest BCUT2D eigenvalue weighted by Crippen LogP contribution is 2.41. The molecule has 2 aromatic rings. The molecule has 1 saturated carbocycles. The zero-order chi connectivity index (χ0) is 27.3. The topological polar surface area (TPSA) is 70.1 Å². The second-order valence-electron chi connectivity index (χ2n) is 10.1. The zero-order valence-corrected chi connectivity index (χ0v) is 21.7. The summed E-state index contributed by atoms with van der Waals surface area (Å²) in [6.07, 6.45) is 0.831. The first-order chi connectivity index (χ1) is 18.2. The van der Waals surface area contributed by atoms with Gasteiger partial charge < -0.3 is 14.7 Å². The minimum atomic E-state index is -4.41. The van der Waals surface area contributed by atoms with Gasteiger partial charge in [-0.2, -0.15) is 13.2 Å². The number of halogens is 3. The molecular formula is C29H35F3N2O4. The maximum absolute atomic E-state index is 13.9. The number of ether oxygens (including phenoxy) is 1. The first-order valence-corrected chi connectivity index (χ1v) is 13.4. The van der Waals surface area contributed by atoms with Gasteiger partial charge in [-0.15, -0.1) is 0 Å². The van der Waals surface area contributed by atoms with Gasteiger partial charge in [-0.05, 0) is 72.7 Å². The number of carboxylic acids is 1. The van der Waals surface area contributed by atoms with Crippen molar-refractivity contribution in [3.63, 3.8) is 0 Å². The van der Waals surface area contributed by atoms with E-state index in [0.29, 0.717) is 42.9 Å². The van der Waals surface area contributed by atoms with Gasteiger partial charge in [0.2, 0.25) is 5.91 Å². The van der Waals surface area contributed by atoms with Crippen molar-refractivity contribution in [1.29, 1.82) is 0 Å². The van der Waals surface area contributed by atoms with E-state index in [9.17, 15) is 22.8 Å². The lowest BCUT2D eigenvalue weighted by molar-refractivity contribution is -0.139. The number of carboxylic acid groups (broad SMARTS) is 1. The lowest BCUT2D eigenvalue weighted by Crippen LogP contribution is -2.40. The van der Waals surface area contributed by atoms with Crippen molar-refractivity contribution in [3.8, 4) is 5.75 Å². The summed E-state index contributed by atoms with van der Waals surface area (Å²) in [6.45, 7) is 3.45. The summed E-state index contributed by atoms with van der Waals surface area (Å²) >= 11 is 0. The molecule has 0 atom stereocenters. The van der Waals surface area contributed by atoms with Gasteiger partial charge in [-0.1, -0.05) is 38.3 Å². The number of alkyl halides is 3. The molecule has 2 aliphatic rings. The number of rotatable bonds is 10. The van der Waals surface area contributed by atoms with E-state index in [0.717, 1.165) is 43.4 Å². The van der Waals surface area contributed by atoms with Crippen LogP contribution in [0.25, 0.3) is 0 Å². The molecule has 4 rings (SSSR count). The van der Waals surface area contributed by atoms with Gasteiger partial charge in [0.1, 0.15) is 12.4 Å². The van der Waals surface area contributed by atoms with Crippen LogP contribution >= 0.6 is 0 Å². The number of likely N-dealkylation sites (N-methyl/N-ethyl adjacent to an activating group) is 1. The predicted octanol–water partition coefficient (Wildman–Crippen LogP) is 6.02. The Morgan fingerprint density at radius 2 is 1.87 bits per heavy atom. The lowest BCUT2D eigenvalue weighted by atomic mass is 9.81. The smallest absolute Gasteiger partial charge is 0.416 e. The summed E-state index contributed by atoms with van der Waals surface area (Å²) in [5.74, 6) is -0.494. The van der Waals surface area contributed by atoms with E-state index >= 15 is 0 Å². The number of benzene rings is 2. The number of nitrogens with zero attached hydrogens (tertiary/aromatic N) is 2. The fourth-order valence-electron chi connectivity index (χ4n) is 5.48. The van der Waals surface area contributed by atoms with Crippen LogP contribution in [0.4, 0.5) is 18.9 Å². The highest BCUT2D eigenvalue weighted by molar-refractivity contribution is 5.97. The van der Waals surface area contributed by atoms with Crippen molar-refractivity contribution in [2.24, 2.45) is 0 Å². The minimum absolute atomic E-state index is 0.0183. The van der Waals surface area contributed by atoms with E-state index in [2.05, 4.69) is 0 Å². The molecule has 1 amide bonds. The molecule has 1 heterocycles. The molecule has 0 saturated heterocycles. The molecule has 9 heteroatoms. The third-order valence-corrected chi connectivity index (χ3v) is 7.57. The Balaban J connectivity index is 1.40. The molecule has 1 aliphatic heterocycles. The molecule has 0 unspecified atom stereocenters. The predicted molar refractivity (Wildman–Crippen MR) is 138 cm³/mol. The third kappa shape index (κ3) is 6.87. The number of amides is 1. The second-order valence-corrected chi connectivity index (χ2v) is 10.1. The van der Waals surface area contributed by atoms with Gasteiger partial charge in [0, 0.05) is 18.8 Å².